The van der Waals surface area contributed by atoms with Crippen molar-refractivity contribution in [3.8, 4) is 11.5 Å². The maximum absolute atomic E-state index is 12.8. The number of aromatic amines is 1. The van der Waals surface area contributed by atoms with Crippen molar-refractivity contribution in [3.63, 3.8) is 0 Å². The van der Waals surface area contributed by atoms with Crippen LogP contribution in [0.1, 0.15) is 56.0 Å². The van der Waals surface area contributed by atoms with Gasteiger partial charge in [0.25, 0.3) is 5.56 Å². The summed E-state index contributed by atoms with van der Waals surface area (Å²) in [4.78, 5) is 27.6. The van der Waals surface area contributed by atoms with Crippen LogP contribution in [0.15, 0.2) is 71.5 Å². The fourth-order valence-corrected chi connectivity index (χ4v) is 3.89. The van der Waals surface area contributed by atoms with E-state index in [2.05, 4.69) is 55.3 Å². The lowest BCUT2D eigenvalue weighted by Gasteiger charge is -2.20. The van der Waals surface area contributed by atoms with Crippen molar-refractivity contribution < 1.29 is 9.53 Å². The molecule has 0 radical (unpaired) electrons. The van der Waals surface area contributed by atoms with Gasteiger partial charge in [-0.15, -0.1) is 0 Å². The third-order valence-corrected chi connectivity index (χ3v) is 5.87. The summed E-state index contributed by atoms with van der Waals surface area (Å²) < 4.78 is 5.79. The number of benzene rings is 2. The Balaban J connectivity index is 1.69. The van der Waals surface area contributed by atoms with Gasteiger partial charge in [-0.25, -0.2) is 0 Å². The molecule has 1 saturated heterocycles. The van der Waals surface area contributed by atoms with Gasteiger partial charge in [0.15, 0.2) is 5.75 Å². The van der Waals surface area contributed by atoms with Crippen molar-refractivity contribution in [2.24, 2.45) is 0 Å². The first-order valence-corrected chi connectivity index (χ1v) is 11.3. The highest BCUT2D eigenvalue weighted by atomic mass is 16.5. The molecule has 2 aromatic carbocycles. The molecule has 1 aliphatic rings. The van der Waals surface area contributed by atoms with Crippen LogP contribution >= 0.6 is 0 Å². The molecule has 0 saturated carbocycles. The zero-order valence-electron chi connectivity index (χ0n) is 19.6. The highest BCUT2D eigenvalue weighted by Crippen LogP contribution is 2.29. The van der Waals surface area contributed by atoms with E-state index in [1.54, 1.807) is 6.07 Å². The SMILES string of the molecule is Cc1ccc(Oc2ccc(/C(=C\[C@H]3CCC(=O)N3)c3ccc(C(C)(C)C)cc3)[nH]c2=O)cc1. The molecule has 5 heteroatoms. The quantitative estimate of drug-likeness (QED) is 0.549. The predicted octanol–water partition coefficient (Wildman–Crippen LogP) is 5.48. The van der Waals surface area contributed by atoms with E-state index in [1.807, 2.05) is 43.3 Å². The maximum Gasteiger partial charge on any atom is 0.291 e. The van der Waals surface area contributed by atoms with Gasteiger partial charge in [-0.3, -0.25) is 9.59 Å². The molecule has 1 aromatic heterocycles. The van der Waals surface area contributed by atoms with E-state index in [0.717, 1.165) is 23.1 Å². The van der Waals surface area contributed by atoms with Crippen LogP contribution in [0, 0.1) is 6.92 Å². The lowest BCUT2D eigenvalue weighted by molar-refractivity contribution is -0.119. The monoisotopic (exact) mass is 442 g/mol. The molecule has 2 heterocycles. The molecule has 1 atom stereocenters. The van der Waals surface area contributed by atoms with Crippen molar-refractivity contribution >= 4 is 11.5 Å². The smallest absolute Gasteiger partial charge is 0.291 e. The number of aromatic nitrogens is 1. The molecule has 1 fully saturated rings. The molecule has 0 aliphatic carbocycles. The lowest BCUT2D eigenvalue weighted by Crippen LogP contribution is -2.23. The topological polar surface area (TPSA) is 71.2 Å². The van der Waals surface area contributed by atoms with E-state index < -0.39 is 0 Å². The first-order valence-electron chi connectivity index (χ1n) is 11.3. The lowest BCUT2D eigenvalue weighted by atomic mass is 9.86. The summed E-state index contributed by atoms with van der Waals surface area (Å²) in [5.41, 5.74) is 4.63. The van der Waals surface area contributed by atoms with Gasteiger partial charge < -0.3 is 15.0 Å². The van der Waals surface area contributed by atoms with Gasteiger partial charge in [-0.1, -0.05) is 68.8 Å². The highest BCUT2D eigenvalue weighted by Gasteiger charge is 2.21. The van der Waals surface area contributed by atoms with E-state index in [0.29, 0.717) is 17.9 Å². The molecule has 33 heavy (non-hydrogen) atoms. The summed E-state index contributed by atoms with van der Waals surface area (Å²) in [6, 6.07) is 19.4. The van der Waals surface area contributed by atoms with Gasteiger partial charge in [0.1, 0.15) is 5.75 Å². The van der Waals surface area contributed by atoms with Gasteiger partial charge in [-0.05, 0) is 54.2 Å². The van der Waals surface area contributed by atoms with Crippen molar-refractivity contribution in [2.45, 2.75) is 52.0 Å². The number of ether oxygens (including phenoxy) is 1. The Labute approximate surface area is 194 Å². The van der Waals surface area contributed by atoms with Crippen LogP contribution in [0.2, 0.25) is 0 Å². The molecule has 2 N–H and O–H groups in total. The fourth-order valence-electron chi connectivity index (χ4n) is 3.89. The van der Waals surface area contributed by atoms with Crippen LogP contribution < -0.4 is 15.6 Å². The Bertz CT molecular complexity index is 1230. The highest BCUT2D eigenvalue weighted by molar-refractivity contribution is 5.82. The van der Waals surface area contributed by atoms with E-state index in [4.69, 9.17) is 4.74 Å². The first kappa shape index (κ1) is 22.6. The third kappa shape index (κ3) is 5.43. The van der Waals surface area contributed by atoms with Crippen molar-refractivity contribution in [1.82, 2.24) is 10.3 Å². The normalized spacial score (nSPS) is 16.5. The number of nitrogens with one attached hydrogen (secondary N) is 2. The summed E-state index contributed by atoms with van der Waals surface area (Å²) in [6.07, 6.45) is 3.28. The van der Waals surface area contributed by atoms with Crippen molar-refractivity contribution in [1.29, 1.82) is 0 Å². The number of carbonyl (C=O) groups is 1. The van der Waals surface area contributed by atoms with Crippen LogP contribution in [0.3, 0.4) is 0 Å². The minimum Gasteiger partial charge on any atom is -0.452 e. The number of hydrogen-bond acceptors (Lipinski definition) is 3. The van der Waals surface area contributed by atoms with Crippen LogP contribution in [-0.2, 0) is 10.2 Å². The standard InChI is InChI=1S/C28H30N2O3/c1-18-5-12-22(13-6-18)33-25-15-14-24(30-27(25)32)23(17-21-11-16-26(31)29-21)19-7-9-20(10-8-19)28(2,3)4/h5-10,12-15,17,21H,11,16H2,1-4H3,(H,29,31)(H,30,32)/b23-17-/t21-/m1/s1. The minimum atomic E-state index is -0.305. The van der Waals surface area contributed by atoms with Gasteiger partial charge in [0.2, 0.25) is 5.91 Å². The summed E-state index contributed by atoms with van der Waals surface area (Å²) in [5.74, 6) is 0.897. The molecule has 1 aliphatic heterocycles. The maximum atomic E-state index is 12.8. The number of rotatable bonds is 5. The van der Waals surface area contributed by atoms with Gasteiger partial charge >= 0.3 is 0 Å². The molecule has 0 unspecified atom stereocenters. The third-order valence-electron chi connectivity index (χ3n) is 5.87. The number of aryl methyl sites for hydroxylation is 1. The van der Waals surface area contributed by atoms with Crippen LogP contribution in [0.5, 0.6) is 11.5 Å². The van der Waals surface area contributed by atoms with Gasteiger partial charge in [-0.2, -0.15) is 0 Å². The zero-order valence-corrected chi connectivity index (χ0v) is 19.6. The van der Waals surface area contributed by atoms with Crippen LogP contribution in [0.25, 0.3) is 5.57 Å². The molecule has 1 amide bonds. The van der Waals surface area contributed by atoms with Crippen molar-refractivity contribution in [2.75, 3.05) is 0 Å². The average molecular weight is 443 g/mol. The summed E-state index contributed by atoms with van der Waals surface area (Å²) in [7, 11) is 0. The molecule has 4 rings (SSSR count). The molecular formula is C28H30N2O3. The number of hydrogen-bond donors (Lipinski definition) is 2. The number of carbonyl (C=O) groups excluding carboxylic acids is 1. The Morgan fingerprint density at radius 2 is 1.67 bits per heavy atom. The molecule has 3 aromatic rings. The molecule has 170 valence electrons. The largest absolute Gasteiger partial charge is 0.452 e. The number of pyridine rings is 1. The zero-order chi connectivity index (χ0) is 23.6. The first-order chi connectivity index (χ1) is 15.7. The summed E-state index contributed by atoms with van der Waals surface area (Å²) in [5, 5.41) is 2.99. The second-order valence-electron chi connectivity index (χ2n) is 9.60. The Morgan fingerprint density at radius 3 is 2.24 bits per heavy atom. The van der Waals surface area contributed by atoms with Gasteiger partial charge in [0, 0.05) is 23.7 Å². The molecular weight excluding hydrogens is 412 g/mol. The Morgan fingerprint density at radius 1 is 0.970 bits per heavy atom. The Kier molecular flexibility index (Phi) is 6.23. The van der Waals surface area contributed by atoms with E-state index in [9.17, 15) is 9.59 Å². The molecule has 5 nitrogen and oxygen atoms in total. The summed E-state index contributed by atoms with van der Waals surface area (Å²) in [6.45, 7) is 8.53. The second kappa shape index (κ2) is 9.10. The molecule has 0 spiro atoms. The predicted molar refractivity (Wildman–Crippen MR) is 132 cm³/mol. The van der Waals surface area contributed by atoms with E-state index in [1.165, 1.54) is 5.56 Å². The second-order valence-corrected chi connectivity index (χ2v) is 9.60. The minimum absolute atomic E-state index is 0.0467. The number of H-pyrrole nitrogens is 1. The van der Waals surface area contributed by atoms with E-state index in [-0.39, 0.29) is 28.7 Å². The van der Waals surface area contributed by atoms with Crippen LogP contribution in [-0.4, -0.2) is 16.9 Å². The van der Waals surface area contributed by atoms with Gasteiger partial charge in [0.05, 0.1) is 0 Å². The number of amides is 1. The van der Waals surface area contributed by atoms with Crippen molar-refractivity contribution in [3.05, 3.63) is 99.5 Å². The molecule has 0 bridgehead atoms. The summed E-state index contributed by atoms with van der Waals surface area (Å²) >= 11 is 0. The average Bonchev–Trinajstić information content (AvgIpc) is 3.19. The van der Waals surface area contributed by atoms with Crippen LogP contribution in [0.4, 0.5) is 0 Å². The fraction of sp³-hybridized carbons (Fsp3) is 0.286. The Hall–Kier alpha value is -3.60. The van der Waals surface area contributed by atoms with E-state index >= 15 is 0 Å².